The molecule has 6 nitrogen and oxygen atoms in total. The molecule has 1 saturated heterocycles. The molecule has 0 radical (unpaired) electrons. The number of hydrogen-bond donors (Lipinski definition) is 2. The van der Waals surface area contributed by atoms with Crippen LogP contribution in [-0.4, -0.2) is 44.9 Å². The molecule has 1 atom stereocenters. The van der Waals surface area contributed by atoms with E-state index in [9.17, 15) is 22.8 Å². The molecule has 0 aliphatic carbocycles. The number of alkyl halides is 3. The molecule has 1 aromatic rings. The molecular weight excluding hydrogens is 365 g/mol. The Morgan fingerprint density at radius 1 is 1.36 bits per heavy atom. The molecule has 25 heavy (non-hydrogen) atoms. The Bertz CT molecular complexity index is 619. The minimum absolute atomic E-state index is 0. The summed E-state index contributed by atoms with van der Waals surface area (Å²) in [7, 11) is 1.15. The van der Waals surface area contributed by atoms with Gasteiger partial charge in [-0.1, -0.05) is 0 Å². The van der Waals surface area contributed by atoms with Crippen LogP contribution in [0.5, 0.6) is 5.75 Å². The first-order valence-electron chi connectivity index (χ1n) is 7.23. The van der Waals surface area contributed by atoms with Gasteiger partial charge in [0.15, 0.2) is 6.61 Å². The van der Waals surface area contributed by atoms with Gasteiger partial charge in [-0.15, -0.1) is 12.4 Å². The zero-order chi connectivity index (χ0) is 17.7. The van der Waals surface area contributed by atoms with Crippen LogP contribution in [0.4, 0.5) is 18.9 Å². The molecule has 0 saturated carbocycles. The van der Waals surface area contributed by atoms with E-state index in [0.29, 0.717) is 19.5 Å². The second kappa shape index (κ2) is 8.91. The van der Waals surface area contributed by atoms with Gasteiger partial charge in [0, 0.05) is 6.54 Å². The van der Waals surface area contributed by atoms with Gasteiger partial charge in [0.2, 0.25) is 5.91 Å². The number of carbonyl (C=O) groups excluding carboxylic acids is 2. The summed E-state index contributed by atoms with van der Waals surface area (Å²) in [5, 5.41) is 5.58. The van der Waals surface area contributed by atoms with Crippen LogP contribution in [0.2, 0.25) is 0 Å². The number of ether oxygens (including phenoxy) is 2. The van der Waals surface area contributed by atoms with Crippen LogP contribution in [0.3, 0.4) is 0 Å². The fourth-order valence-electron chi connectivity index (χ4n) is 2.26. The standard InChI is InChI=1S/C15H17F3N2O4.ClH/c1-23-14(22)9-2-3-11(12(6-9)24-8-15(16,17)18)20-13(21)10-4-5-19-7-10;/h2-3,6,10,19H,4-5,7-8H2,1H3,(H,20,21);1H. The van der Waals surface area contributed by atoms with Gasteiger partial charge in [-0.3, -0.25) is 4.79 Å². The smallest absolute Gasteiger partial charge is 0.422 e. The van der Waals surface area contributed by atoms with Crippen LogP contribution in [-0.2, 0) is 9.53 Å². The van der Waals surface area contributed by atoms with Crippen molar-refractivity contribution in [3.8, 4) is 5.75 Å². The summed E-state index contributed by atoms with van der Waals surface area (Å²) in [6, 6.07) is 3.77. The number of hydrogen-bond acceptors (Lipinski definition) is 5. The fraction of sp³-hybridized carbons (Fsp3) is 0.467. The highest BCUT2D eigenvalue weighted by Gasteiger charge is 2.29. The number of halogens is 4. The SMILES string of the molecule is COC(=O)c1ccc(NC(=O)C2CCNC2)c(OCC(F)(F)F)c1.Cl. The summed E-state index contributed by atoms with van der Waals surface area (Å²) in [5.74, 6) is -1.54. The minimum atomic E-state index is -4.54. The summed E-state index contributed by atoms with van der Waals surface area (Å²) >= 11 is 0. The first-order valence-corrected chi connectivity index (χ1v) is 7.23. The largest absolute Gasteiger partial charge is 0.482 e. The van der Waals surface area contributed by atoms with E-state index in [0.717, 1.165) is 13.2 Å². The highest BCUT2D eigenvalue weighted by Crippen LogP contribution is 2.29. The maximum atomic E-state index is 12.4. The highest BCUT2D eigenvalue weighted by atomic mass is 35.5. The average Bonchev–Trinajstić information content (AvgIpc) is 3.06. The Morgan fingerprint density at radius 2 is 2.08 bits per heavy atom. The van der Waals surface area contributed by atoms with Crippen LogP contribution in [0.1, 0.15) is 16.8 Å². The molecule has 1 heterocycles. The first kappa shape index (κ1) is 21.0. The van der Waals surface area contributed by atoms with Crippen molar-refractivity contribution >= 4 is 30.0 Å². The molecule has 0 spiro atoms. The zero-order valence-electron chi connectivity index (χ0n) is 13.3. The molecule has 140 valence electrons. The lowest BCUT2D eigenvalue weighted by molar-refractivity contribution is -0.153. The topological polar surface area (TPSA) is 76.7 Å². The third-order valence-corrected chi connectivity index (χ3v) is 3.48. The van der Waals surface area contributed by atoms with Crippen molar-refractivity contribution in [1.29, 1.82) is 0 Å². The summed E-state index contributed by atoms with van der Waals surface area (Å²) in [4.78, 5) is 23.6. The fourth-order valence-corrected chi connectivity index (χ4v) is 2.26. The van der Waals surface area contributed by atoms with E-state index in [1.54, 1.807) is 0 Å². The van der Waals surface area contributed by atoms with Crippen molar-refractivity contribution < 1.29 is 32.2 Å². The van der Waals surface area contributed by atoms with E-state index in [2.05, 4.69) is 15.4 Å². The summed E-state index contributed by atoms with van der Waals surface area (Å²) in [6.07, 6.45) is -3.90. The zero-order valence-corrected chi connectivity index (χ0v) is 14.1. The van der Waals surface area contributed by atoms with Gasteiger partial charge in [0.25, 0.3) is 0 Å². The molecule has 1 fully saturated rings. The van der Waals surface area contributed by atoms with Crippen molar-refractivity contribution in [2.24, 2.45) is 5.92 Å². The minimum Gasteiger partial charge on any atom is -0.482 e. The number of methoxy groups -OCH3 is 1. The molecule has 1 aliphatic rings. The van der Waals surface area contributed by atoms with Gasteiger partial charge in [0.1, 0.15) is 5.75 Å². The number of amides is 1. The quantitative estimate of drug-likeness (QED) is 0.765. The Kier molecular flexibility index (Phi) is 7.50. The Labute approximate surface area is 148 Å². The Balaban J connectivity index is 0.00000312. The van der Waals surface area contributed by atoms with Gasteiger partial charge in [-0.2, -0.15) is 13.2 Å². The second-order valence-corrected chi connectivity index (χ2v) is 5.29. The molecule has 2 N–H and O–H groups in total. The van der Waals surface area contributed by atoms with E-state index in [-0.39, 0.29) is 41.2 Å². The monoisotopic (exact) mass is 382 g/mol. The van der Waals surface area contributed by atoms with Gasteiger partial charge in [0.05, 0.1) is 24.3 Å². The summed E-state index contributed by atoms with van der Waals surface area (Å²) in [5.41, 5.74) is 0.0963. The van der Waals surface area contributed by atoms with Crippen LogP contribution in [0, 0.1) is 5.92 Å². The lowest BCUT2D eigenvalue weighted by Gasteiger charge is -2.16. The van der Waals surface area contributed by atoms with Gasteiger partial charge >= 0.3 is 12.1 Å². The molecule has 10 heteroatoms. The molecule has 2 rings (SSSR count). The van der Waals surface area contributed by atoms with Crippen LogP contribution in [0.25, 0.3) is 0 Å². The number of anilines is 1. The predicted octanol–water partition coefficient (Wildman–Crippen LogP) is 2.38. The number of benzene rings is 1. The molecular formula is C15H18ClF3N2O4. The van der Waals surface area contributed by atoms with Crippen molar-refractivity contribution in [2.45, 2.75) is 12.6 Å². The molecule has 0 aromatic heterocycles. The summed E-state index contributed by atoms with van der Waals surface area (Å²) in [6.45, 7) is -0.326. The molecule has 1 unspecified atom stereocenters. The summed E-state index contributed by atoms with van der Waals surface area (Å²) < 4.78 is 46.4. The van der Waals surface area contributed by atoms with Crippen molar-refractivity contribution in [2.75, 3.05) is 32.1 Å². The predicted molar refractivity (Wildman–Crippen MR) is 86.2 cm³/mol. The highest BCUT2D eigenvalue weighted by molar-refractivity contribution is 5.96. The Morgan fingerprint density at radius 3 is 2.64 bits per heavy atom. The van der Waals surface area contributed by atoms with E-state index in [1.165, 1.54) is 12.1 Å². The normalized spacial score (nSPS) is 16.7. The van der Waals surface area contributed by atoms with Crippen molar-refractivity contribution in [3.63, 3.8) is 0 Å². The number of nitrogens with one attached hydrogen (secondary N) is 2. The van der Waals surface area contributed by atoms with E-state index in [4.69, 9.17) is 4.74 Å². The van der Waals surface area contributed by atoms with E-state index < -0.39 is 18.8 Å². The molecule has 1 amide bonds. The third-order valence-electron chi connectivity index (χ3n) is 3.48. The van der Waals surface area contributed by atoms with Crippen molar-refractivity contribution in [3.05, 3.63) is 23.8 Å². The van der Waals surface area contributed by atoms with Gasteiger partial charge in [-0.05, 0) is 31.2 Å². The lowest BCUT2D eigenvalue weighted by Crippen LogP contribution is -2.25. The van der Waals surface area contributed by atoms with Crippen molar-refractivity contribution in [1.82, 2.24) is 5.32 Å². The number of rotatable bonds is 5. The second-order valence-electron chi connectivity index (χ2n) is 5.29. The number of esters is 1. The van der Waals surface area contributed by atoms with Gasteiger partial charge < -0.3 is 20.1 Å². The molecule has 1 aliphatic heterocycles. The lowest BCUT2D eigenvalue weighted by atomic mass is 10.1. The van der Waals surface area contributed by atoms with E-state index >= 15 is 0 Å². The van der Waals surface area contributed by atoms with Crippen LogP contribution < -0.4 is 15.4 Å². The van der Waals surface area contributed by atoms with Gasteiger partial charge in [-0.25, -0.2) is 4.79 Å². The Hall–Kier alpha value is -2.00. The average molecular weight is 383 g/mol. The number of carbonyl (C=O) groups is 2. The van der Waals surface area contributed by atoms with Crippen LogP contribution >= 0.6 is 12.4 Å². The third kappa shape index (κ3) is 6.09. The molecule has 1 aromatic carbocycles. The van der Waals surface area contributed by atoms with Crippen LogP contribution in [0.15, 0.2) is 18.2 Å². The maximum Gasteiger partial charge on any atom is 0.422 e. The molecule has 0 bridgehead atoms. The van der Waals surface area contributed by atoms with E-state index in [1.807, 2.05) is 0 Å². The first-order chi connectivity index (χ1) is 11.3. The maximum absolute atomic E-state index is 12.4.